The van der Waals surface area contributed by atoms with E-state index in [2.05, 4.69) is 10.3 Å². The van der Waals surface area contributed by atoms with Crippen LogP contribution in [0.25, 0.3) is 10.6 Å². The molecule has 3 amide bonds. The highest BCUT2D eigenvalue weighted by atomic mass is 32.1. The zero-order chi connectivity index (χ0) is 17.1. The topological polar surface area (TPSA) is 88.6 Å². The molecule has 7 nitrogen and oxygen atoms in total. The number of benzene rings is 1. The number of nitrogens with zero attached hydrogens (tertiary/aromatic N) is 2. The number of halogens is 1. The molecule has 1 aliphatic rings. The smallest absolute Gasteiger partial charge is 0.358 e. The minimum absolute atomic E-state index is 0.0537. The second-order valence-corrected chi connectivity index (χ2v) is 5.76. The van der Waals surface area contributed by atoms with Gasteiger partial charge in [-0.2, -0.15) is 0 Å². The first-order valence-corrected chi connectivity index (χ1v) is 7.89. The number of hydrogen-bond acceptors (Lipinski definition) is 6. The van der Waals surface area contributed by atoms with Crippen LogP contribution in [-0.2, 0) is 9.53 Å². The fourth-order valence-corrected chi connectivity index (χ4v) is 2.88. The quantitative estimate of drug-likeness (QED) is 0.848. The molecule has 1 saturated heterocycles. The number of carbonyl (C=O) groups is 3. The molecule has 2 aromatic rings. The molecule has 0 saturated carbocycles. The molecule has 0 atom stereocenters. The van der Waals surface area contributed by atoms with Gasteiger partial charge in [-0.25, -0.2) is 19.0 Å². The molecule has 1 fully saturated rings. The Morgan fingerprint density at radius 3 is 2.75 bits per heavy atom. The molecule has 0 spiro atoms. The third-order valence-electron chi connectivity index (χ3n) is 3.29. The van der Waals surface area contributed by atoms with Crippen LogP contribution in [0, 0.1) is 5.82 Å². The normalized spacial score (nSPS) is 13.7. The predicted molar refractivity (Wildman–Crippen MR) is 82.9 cm³/mol. The maximum Gasteiger partial charge on any atom is 0.358 e. The summed E-state index contributed by atoms with van der Waals surface area (Å²) in [6.07, 6.45) is 0. The number of rotatable bonds is 4. The minimum atomic E-state index is -0.757. The van der Waals surface area contributed by atoms with Gasteiger partial charge in [0.2, 0.25) is 0 Å². The standard InChI is InChI=1S/C15H12FN3O4S/c16-10-3-1-9(2-4-10)13-18-11(8-24-13)14(21)23-7-12(20)19-6-5-17-15(19)22/h1-4,8H,5-7H2,(H,17,22). The molecule has 0 aliphatic carbocycles. The molecule has 0 bridgehead atoms. The number of aromatic nitrogens is 1. The lowest BCUT2D eigenvalue weighted by atomic mass is 10.2. The van der Waals surface area contributed by atoms with Crippen molar-refractivity contribution in [3.63, 3.8) is 0 Å². The Morgan fingerprint density at radius 2 is 2.08 bits per heavy atom. The van der Waals surface area contributed by atoms with Crippen LogP contribution in [0.2, 0.25) is 0 Å². The third-order valence-corrected chi connectivity index (χ3v) is 4.18. The van der Waals surface area contributed by atoms with Crippen LogP contribution in [0.15, 0.2) is 29.6 Å². The SMILES string of the molecule is O=C(OCC(=O)N1CCNC1=O)c1csc(-c2ccc(F)cc2)n1. The monoisotopic (exact) mass is 349 g/mol. The highest BCUT2D eigenvalue weighted by Crippen LogP contribution is 2.24. The van der Waals surface area contributed by atoms with E-state index in [1.165, 1.54) is 28.8 Å². The molecule has 3 rings (SSSR count). The second kappa shape index (κ2) is 6.75. The predicted octanol–water partition coefficient (Wildman–Crippen LogP) is 1.66. The van der Waals surface area contributed by atoms with E-state index in [4.69, 9.17) is 4.74 Å². The van der Waals surface area contributed by atoms with Crippen molar-refractivity contribution < 1.29 is 23.5 Å². The first kappa shape index (κ1) is 16.1. The first-order chi connectivity index (χ1) is 11.5. The van der Waals surface area contributed by atoms with Gasteiger partial charge in [0.05, 0.1) is 0 Å². The molecule has 1 N–H and O–H groups in total. The highest BCUT2D eigenvalue weighted by Gasteiger charge is 2.27. The van der Waals surface area contributed by atoms with Gasteiger partial charge in [-0.3, -0.25) is 9.69 Å². The lowest BCUT2D eigenvalue weighted by molar-refractivity contribution is -0.130. The van der Waals surface area contributed by atoms with E-state index < -0.39 is 24.5 Å². The van der Waals surface area contributed by atoms with Crippen LogP contribution in [0.3, 0.4) is 0 Å². The van der Waals surface area contributed by atoms with Crippen LogP contribution < -0.4 is 5.32 Å². The summed E-state index contributed by atoms with van der Waals surface area (Å²) in [6, 6.07) is 5.21. The number of urea groups is 1. The number of thiazole rings is 1. The fourth-order valence-electron chi connectivity index (χ4n) is 2.08. The molecule has 24 heavy (non-hydrogen) atoms. The summed E-state index contributed by atoms with van der Waals surface area (Å²) in [5.74, 6) is -1.71. The molecule has 9 heteroatoms. The van der Waals surface area contributed by atoms with Crippen molar-refractivity contribution in [2.75, 3.05) is 19.7 Å². The number of hydrogen-bond donors (Lipinski definition) is 1. The van der Waals surface area contributed by atoms with E-state index >= 15 is 0 Å². The van der Waals surface area contributed by atoms with Crippen molar-refractivity contribution in [1.29, 1.82) is 0 Å². The summed E-state index contributed by atoms with van der Waals surface area (Å²) < 4.78 is 17.8. The molecular formula is C15H12FN3O4S. The summed E-state index contributed by atoms with van der Waals surface area (Å²) >= 11 is 1.20. The number of imide groups is 1. The van der Waals surface area contributed by atoms with Gasteiger partial charge < -0.3 is 10.1 Å². The Bertz CT molecular complexity index is 790. The fraction of sp³-hybridized carbons (Fsp3) is 0.200. The van der Waals surface area contributed by atoms with Crippen molar-refractivity contribution in [3.05, 3.63) is 41.2 Å². The summed E-state index contributed by atoms with van der Waals surface area (Å²) in [5.41, 5.74) is 0.725. The lowest BCUT2D eigenvalue weighted by Gasteiger charge is -2.11. The van der Waals surface area contributed by atoms with Gasteiger partial charge in [-0.05, 0) is 24.3 Å². The number of carbonyl (C=O) groups excluding carboxylic acids is 3. The van der Waals surface area contributed by atoms with E-state index in [1.807, 2.05) is 0 Å². The molecule has 1 aliphatic heterocycles. The number of nitrogens with one attached hydrogen (secondary N) is 1. The number of amides is 3. The second-order valence-electron chi connectivity index (χ2n) is 4.90. The largest absolute Gasteiger partial charge is 0.451 e. The van der Waals surface area contributed by atoms with Gasteiger partial charge in [-0.1, -0.05) is 0 Å². The Hall–Kier alpha value is -2.81. The minimum Gasteiger partial charge on any atom is -0.451 e. The van der Waals surface area contributed by atoms with Crippen LogP contribution >= 0.6 is 11.3 Å². The van der Waals surface area contributed by atoms with Crippen LogP contribution in [-0.4, -0.2) is 47.5 Å². The number of esters is 1. The zero-order valence-corrected chi connectivity index (χ0v) is 13.1. The van der Waals surface area contributed by atoms with E-state index in [0.717, 1.165) is 4.90 Å². The zero-order valence-electron chi connectivity index (χ0n) is 12.3. The van der Waals surface area contributed by atoms with Gasteiger partial charge >= 0.3 is 12.0 Å². The Balaban J connectivity index is 1.60. The summed E-state index contributed by atoms with van der Waals surface area (Å²) in [7, 11) is 0. The van der Waals surface area contributed by atoms with E-state index in [-0.39, 0.29) is 18.1 Å². The van der Waals surface area contributed by atoms with Crippen LogP contribution in [0.5, 0.6) is 0 Å². The van der Waals surface area contributed by atoms with Gasteiger partial charge in [0.15, 0.2) is 12.3 Å². The van der Waals surface area contributed by atoms with Crippen molar-refractivity contribution >= 4 is 29.2 Å². The van der Waals surface area contributed by atoms with Crippen LogP contribution in [0.1, 0.15) is 10.5 Å². The highest BCUT2D eigenvalue weighted by molar-refractivity contribution is 7.13. The van der Waals surface area contributed by atoms with E-state index in [9.17, 15) is 18.8 Å². The van der Waals surface area contributed by atoms with Crippen molar-refractivity contribution in [2.45, 2.75) is 0 Å². The Labute approximate surface area is 140 Å². The van der Waals surface area contributed by atoms with Crippen molar-refractivity contribution in [3.8, 4) is 10.6 Å². The Morgan fingerprint density at radius 1 is 1.33 bits per heavy atom. The summed E-state index contributed by atoms with van der Waals surface area (Å²) in [4.78, 5) is 40.2. The van der Waals surface area contributed by atoms with E-state index in [0.29, 0.717) is 17.1 Å². The molecule has 0 unspecified atom stereocenters. The van der Waals surface area contributed by atoms with E-state index in [1.54, 1.807) is 12.1 Å². The number of ether oxygens (including phenoxy) is 1. The maximum absolute atomic E-state index is 12.9. The average molecular weight is 349 g/mol. The van der Waals surface area contributed by atoms with Gasteiger partial charge in [0.25, 0.3) is 5.91 Å². The van der Waals surface area contributed by atoms with Crippen molar-refractivity contribution in [1.82, 2.24) is 15.2 Å². The summed E-state index contributed by atoms with van der Waals surface area (Å²) in [6.45, 7) is 0.0991. The average Bonchev–Trinajstić information content (AvgIpc) is 3.22. The Kier molecular flexibility index (Phi) is 4.52. The first-order valence-electron chi connectivity index (χ1n) is 7.01. The third kappa shape index (κ3) is 3.40. The molecule has 2 heterocycles. The van der Waals surface area contributed by atoms with Gasteiger partial charge in [0.1, 0.15) is 10.8 Å². The summed E-state index contributed by atoms with van der Waals surface area (Å²) in [5, 5.41) is 4.51. The van der Waals surface area contributed by atoms with Gasteiger partial charge in [0, 0.05) is 24.0 Å². The molecular weight excluding hydrogens is 337 g/mol. The van der Waals surface area contributed by atoms with Crippen LogP contribution in [0.4, 0.5) is 9.18 Å². The van der Waals surface area contributed by atoms with Crippen molar-refractivity contribution in [2.24, 2.45) is 0 Å². The molecule has 124 valence electrons. The lowest BCUT2D eigenvalue weighted by Crippen LogP contribution is -2.37. The molecule has 1 aromatic heterocycles. The molecule has 0 radical (unpaired) electrons. The molecule has 1 aromatic carbocycles. The maximum atomic E-state index is 12.9. The van der Waals surface area contributed by atoms with Gasteiger partial charge in [-0.15, -0.1) is 11.3 Å².